The summed E-state index contributed by atoms with van der Waals surface area (Å²) in [6.45, 7) is 0. The fraction of sp³-hybridized carbons (Fsp3) is 0.0833. The molecule has 0 bridgehead atoms. The van der Waals surface area contributed by atoms with Gasteiger partial charge in [-0.05, 0) is 46.2 Å². The zero-order chi connectivity index (χ0) is 13.1. The Balaban J connectivity index is 2.24. The smallest absolute Gasteiger partial charge is 0.269 e. The Labute approximate surface area is 121 Å². The highest BCUT2D eigenvalue weighted by molar-refractivity contribution is 14.1. The lowest BCUT2D eigenvalue weighted by Gasteiger charge is -2.07. The van der Waals surface area contributed by atoms with Gasteiger partial charge in [-0.25, -0.2) is 4.39 Å². The third kappa shape index (κ3) is 2.64. The molecule has 1 amide bonds. The Bertz CT molecular complexity index is 585. The van der Waals surface area contributed by atoms with E-state index in [1.165, 1.54) is 24.5 Å². The molecule has 6 heteroatoms. The monoisotopic (exact) mass is 377 g/mol. The van der Waals surface area contributed by atoms with E-state index in [-0.39, 0.29) is 11.7 Å². The minimum absolute atomic E-state index is 0.301. The van der Waals surface area contributed by atoms with Crippen LogP contribution in [0, 0.1) is 9.39 Å². The number of halogens is 2. The zero-order valence-corrected chi connectivity index (χ0v) is 12.3. The topological polar surface area (TPSA) is 38.3 Å². The quantitative estimate of drug-likeness (QED) is 0.828. The molecule has 0 radical (unpaired) electrons. The van der Waals surface area contributed by atoms with Crippen LogP contribution in [0.15, 0.2) is 29.6 Å². The van der Waals surface area contributed by atoms with Crippen molar-refractivity contribution in [2.45, 2.75) is 0 Å². The second-order valence-corrected chi connectivity index (χ2v) is 5.37. The highest BCUT2D eigenvalue weighted by Gasteiger charge is 2.15. The molecule has 0 fully saturated rings. The van der Waals surface area contributed by atoms with E-state index in [0.29, 0.717) is 19.9 Å². The standard InChI is InChI=1S/C12H9FINO2S/c1-17-9-5-6-18-11(9)12(16)15-8-4-2-3-7(13)10(8)14/h2-6H,1H3,(H,15,16). The van der Waals surface area contributed by atoms with Crippen molar-refractivity contribution in [3.05, 3.63) is 43.9 Å². The third-order valence-corrected chi connectivity index (χ3v) is 4.25. The molecule has 0 saturated heterocycles. The van der Waals surface area contributed by atoms with Gasteiger partial charge in [0, 0.05) is 0 Å². The first-order chi connectivity index (χ1) is 8.63. The second kappa shape index (κ2) is 5.66. The van der Waals surface area contributed by atoms with Crippen LogP contribution in [-0.2, 0) is 0 Å². The summed E-state index contributed by atoms with van der Waals surface area (Å²) < 4.78 is 18.8. The number of rotatable bonds is 3. The van der Waals surface area contributed by atoms with Crippen molar-refractivity contribution in [3.63, 3.8) is 0 Å². The molecule has 0 aliphatic carbocycles. The maximum absolute atomic E-state index is 13.3. The summed E-state index contributed by atoms with van der Waals surface area (Å²) in [6, 6.07) is 6.28. The molecular weight excluding hydrogens is 368 g/mol. The van der Waals surface area contributed by atoms with Gasteiger partial charge in [0.25, 0.3) is 5.91 Å². The number of methoxy groups -OCH3 is 1. The first-order valence-corrected chi connectivity index (χ1v) is 6.96. The van der Waals surface area contributed by atoms with Crippen molar-refractivity contribution < 1.29 is 13.9 Å². The van der Waals surface area contributed by atoms with Gasteiger partial charge in [0.05, 0.1) is 16.4 Å². The fourth-order valence-corrected chi connectivity index (χ4v) is 2.65. The van der Waals surface area contributed by atoms with Crippen LogP contribution in [0.2, 0.25) is 0 Å². The number of carbonyl (C=O) groups is 1. The SMILES string of the molecule is COc1ccsc1C(=O)Nc1cccc(F)c1I. The van der Waals surface area contributed by atoms with Crippen molar-refractivity contribution in [2.24, 2.45) is 0 Å². The lowest BCUT2D eigenvalue weighted by atomic mass is 10.3. The van der Waals surface area contributed by atoms with Gasteiger partial charge in [-0.15, -0.1) is 11.3 Å². The number of anilines is 1. The molecule has 3 nitrogen and oxygen atoms in total. The van der Waals surface area contributed by atoms with Crippen molar-refractivity contribution >= 4 is 45.5 Å². The van der Waals surface area contributed by atoms with Crippen LogP contribution in [0.3, 0.4) is 0 Å². The van der Waals surface area contributed by atoms with E-state index in [2.05, 4.69) is 5.32 Å². The van der Waals surface area contributed by atoms with Crippen molar-refractivity contribution in [2.75, 3.05) is 12.4 Å². The highest BCUT2D eigenvalue weighted by atomic mass is 127. The van der Waals surface area contributed by atoms with Gasteiger partial charge in [0.15, 0.2) is 0 Å². The predicted molar refractivity (Wildman–Crippen MR) is 77.9 cm³/mol. The Morgan fingerprint density at radius 1 is 1.44 bits per heavy atom. The van der Waals surface area contributed by atoms with Crippen LogP contribution in [0.25, 0.3) is 0 Å². The van der Waals surface area contributed by atoms with Gasteiger partial charge in [0.1, 0.15) is 16.4 Å². The summed E-state index contributed by atoms with van der Waals surface area (Å²) in [5.41, 5.74) is 0.455. The van der Waals surface area contributed by atoms with Gasteiger partial charge in [0.2, 0.25) is 0 Å². The average Bonchev–Trinajstić information content (AvgIpc) is 2.83. The summed E-state index contributed by atoms with van der Waals surface area (Å²) in [7, 11) is 1.50. The maximum atomic E-state index is 13.3. The molecular formula is C12H9FINO2S. The third-order valence-electron chi connectivity index (χ3n) is 2.26. The number of ether oxygens (including phenoxy) is 1. The van der Waals surface area contributed by atoms with Gasteiger partial charge in [-0.3, -0.25) is 4.79 Å². The van der Waals surface area contributed by atoms with Crippen LogP contribution in [-0.4, -0.2) is 13.0 Å². The van der Waals surface area contributed by atoms with Crippen molar-refractivity contribution in [1.82, 2.24) is 0 Å². The normalized spacial score (nSPS) is 10.2. The van der Waals surface area contributed by atoms with Crippen LogP contribution < -0.4 is 10.1 Å². The van der Waals surface area contributed by atoms with Crippen LogP contribution in [0.5, 0.6) is 5.75 Å². The lowest BCUT2D eigenvalue weighted by Crippen LogP contribution is -2.12. The summed E-state index contributed by atoms with van der Waals surface area (Å²) in [5, 5.41) is 4.44. The molecule has 18 heavy (non-hydrogen) atoms. The number of carbonyl (C=O) groups excluding carboxylic acids is 1. The summed E-state index contributed by atoms with van der Waals surface area (Å²) >= 11 is 3.13. The van der Waals surface area contributed by atoms with Crippen LogP contribution in [0.4, 0.5) is 10.1 Å². The Morgan fingerprint density at radius 2 is 2.22 bits per heavy atom. The lowest BCUT2D eigenvalue weighted by molar-refractivity contribution is 0.102. The molecule has 0 unspecified atom stereocenters. The average molecular weight is 377 g/mol. The zero-order valence-electron chi connectivity index (χ0n) is 9.37. The summed E-state index contributed by atoms with van der Waals surface area (Å²) in [5.74, 6) is -0.138. The second-order valence-electron chi connectivity index (χ2n) is 3.37. The number of hydrogen-bond donors (Lipinski definition) is 1. The number of benzene rings is 1. The molecule has 0 saturated carbocycles. The maximum Gasteiger partial charge on any atom is 0.269 e. The first kappa shape index (κ1) is 13.3. The van der Waals surface area contributed by atoms with Crippen molar-refractivity contribution in [1.29, 1.82) is 0 Å². The summed E-state index contributed by atoms with van der Waals surface area (Å²) in [6.07, 6.45) is 0. The van der Waals surface area contributed by atoms with Crippen molar-refractivity contribution in [3.8, 4) is 5.75 Å². The minimum Gasteiger partial charge on any atom is -0.495 e. The molecule has 1 aromatic heterocycles. The van der Waals surface area contributed by atoms with E-state index in [9.17, 15) is 9.18 Å². The Hall–Kier alpha value is -1.15. The van der Waals surface area contributed by atoms with Gasteiger partial charge < -0.3 is 10.1 Å². The van der Waals surface area contributed by atoms with Crippen LogP contribution >= 0.6 is 33.9 Å². The van der Waals surface area contributed by atoms with Gasteiger partial charge in [-0.1, -0.05) is 6.07 Å². The van der Waals surface area contributed by atoms with E-state index in [1.807, 2.05) is 22.6 Å². The highest BCUT2D eigenvalue weighted by Crippen LogP contribution is 2.27. The van der Waals surface area contributed by atoms with Gasteiger partial charge >= 0.3 is 0 Å². The fourth-order valence-electron chi connectivity index (χ4n) is 1.40. The number of amides is 1. The van der Waals surface area contributed by atoms with E-state index in [0.717, 1.165) is 0 Å². The number of hydrogen-bond acceptors (Lipinski definition) is 3. The molecule has 1 heterocycles. The molecule has 0 spiro atoms. The molecule has 2 rings (SSSR count). The number of thiophene rings is 1. The Morgan fingerprint density at radius 3 is 2.94 bits per heavy atom. The van der Waals surface area contributed by atoms with E-state index >= 15 is 0 Å². The molecule has 0 aliphatic heterocycles. The largest absolute Gasteiger partial charge is 0.495 e. The first-order valence-electron chi connectivity index (χ1n) is 5.00. The predicted octanol–water partition coefficient (Wildman–Crippen LogP) is 3.75. The number of nitrogens with one attached hydrogen (secondary N) is 1. The van der Waals surface area contributed by atoms with Gasteiger partial charge in [-0.2, -0.15) is 0 Å². The van der Waals surface area contributed by atoms with E-state index < -0.39 is 0 Å². The minimum atomic E-state index is -0.355. The van der Waals surface area contributed by atoms with Crippen LogP contribution in [0.1, 0.15) is 9.67 Å². The molecule has 94 valence electrons. The Kier molecular flexibility index (Phi) is 4.18. The molecule has 2 aromatic rings. The van der Waals surface area contributed by atoms with E-state index in [1.54, 1.807) is 23.6 Å². The molecule has 1 N–H and O–H groups in total. The summed E-state index contributed by atoms with van der Waals surface area (Å²) in [4.78, 5) is 12.5. The molecule has 1 aromatic carbocycles. The van der Waals surface area contributed by atoms with E-state index in [4.69, 9.17) is 4.74 Å². The molecule has 0 aliphatic rings. The molecule has 0 atom stereocenters.